The summed E-state index contributed by atoms with van der Waals surface area (Å²) in [6.07, 6.45) is 0. The molecule has 1 heterocycles. The van der Waals surface area contributed by atoms with Crippen LogP contribution in [0.4, 0.5) is 5.69 Å². The van der Waals surface area contributed by atoms with Crippen LogP contribution in [0.2, 0.25) is 0 Å². The van der Waals surface area contributed by atoms with Gasteiger partial charge in [0.2, 0.25) is 0 Å². The molecule has 0 fully saturated rings. The number of nitrogens with zero attached hydrogens (tertiary/aromatic N) is 1. The quantitative estimate of drug-likeness (QED) is 0.862. The van der Waals surface area contributed by atoms with Crippen LogP contribution in [0.5, 0.6) is 0 Å². The molecule has 0 aliphatic heterocycles. The highest BCUT2D eigenvalue weighted by Crippen LogP contribution is 2.34. The lowest BCUT2D eigenvalue weighted by Gasteiger charge is -2.16. The van der Waals surface area contributed by atoms with Gasteiger partial charge in [-0.2, -0.15) is 0 Å². The van der Waals surface area contributed by atoms with Gasteiger partial charge in [0.1, 0.15) is 4.88 Å². The Bertz CT molecular complexity index is 622. The molecular formula is C15H20N2O2S. The third-order valence-electron chi connectivity index (χ3n) is 3.20. The number of rotatable bonds is 5. The van der Waals surface area contributed by atoms with Gasteiger partial charge in [-0.1, -0.05) is 12.1 Å². The Morgan fingerprint density at radius 1 is 1.45 bits per heavy atom. The largest absolute Gasteiger partial charge is 0.397 e. The zero-order chi connectivity index (χ0) is 14.7. The first kappa shape index (κ1) is 14.8. The molecule has 0 bridgehead atoms. The van der Waals surface area contributed by atoms with Crippen molar-refractivity contribution in [2.45, 2.75) is 13.8 Å². The molecule has 2 aromatic rings. The van der Waals surface area contributed by atoms with Crippen molar-refractivity contribution in [3.05, 3.63) is 28.6 Å². The number of amides is 1. The first-order valence-electron chi connectivity index (χ1n) is 6.66. The molecule has 1 aromatic carbocycles. The van der Waals surface area contributed by atoms with Crippen LogP contribution in [0.3, 0.4) is 0 Å². The maximum absolute atomic E-state index is 12.4. The second kappa shape index (κ2) is 6.24. The van der Waals surface area contributed by atoms with Crippen LogP contribution >= 0.6 is 11.3 Å². The van der Waals surface area contributed by atoms with Gasteiger partial charge in [-0.3, -0.25) is 4.79 Å². The van der Waals surface area contributed by atoms with Crippen LogP contribution in [0, 0.1) is 6.92 Å². The fourth-order valence-corrected chi connectivity index (χ4v) is 3.22. The molecule has 0 atom stereocenters. The standard InChI is InChI=1S/C15H20N2O2S/c1-4-19-8-7-17(3)15(18)14-13(16)11-6-5-10(2)9-12(11)20-14/h5-6,9H,4,7-8,16H2,1-3H3. The van der Waals surface area contributed by atoms with Crippen molar-refractivity contribution in [2.75, 3.05) is 32.5 Å². The first-order valence-corrected chi connectivity index (χ1v) is 7.48. The number of nitrogen functional groups attached to an aromatic ring is 1. The topological polar surface area (TPSA) is 55.6 Å². The van der Waals surface area contributed by atoms with Crippen LogP contribution in [0.1, 0.15) is 22.2 Å². The molecule has 20 heavy (non-hydrogen) atoms. The molecule has 0 radical (unpaired) electrons. The molecule has 1 aromatic heterocycles. The van der Waals surface area contributed by atoms with Crippen molar-refractivity contribution in [2.24, 2.45) is 0 Å². The van der Waals surface area contributed by atoms with Crippen LogP contribution in [-0.4, -0.2) is 37.6 Å². The van der Waals surface area contributed by atoms with Crippen LogP contribution in [0.15, 0.2) is 18.2 Å². The summed E-state index contributed by atoms with van der Waals surface area (Å²) < 4.78 is 6.33. The van der Waals surface area contributed by atoms with Crippen molar-refractivity contribution in [1.82, 2.24) is 4.90 Å². The van der Waals surface area contributed by atoms with Gasteiger partial charge in [-0.25, -0.2) is 0 Å². The number of fused-ring (bicyclic) bond motifs is 1. The molecule has 4 nitrogen and oxygen atoms in total. The Morgan fingerprint density at radius 3 is 2.90 bits per heavy atom. The summed E-state index contributed by atoms with van der Waals surface area (Å²) in [6, 6.07) is 6.05. The van der Waals surface area contributed by atoms with E-state index in [4.69, 9.17) is 10.5 Å². The number of carbonyl (C=O) groups excluding carboxylic acids is 1. The summed E-state index contributed by atoms with van der Waals surface area (Å²) in [6.45, 7) is 5.74. The Hall–Kier alpha value is -1.59. The molecule has 0 saturated carbocycles. The number of ether oxygens (including phenoxy) is 1. The number of nitrogens with two attached hydrogens (primary N) is 1. The molecule has 1 amide bonds. The van der Waals surface area contributed by atoms with Crippen molar-refractivity contribution < 1.29 is 9.53 Å². The van der Waals surface area contributed by atoms with Gasteiger partial charge in [0, 0.05) is 30.3 Å². The zero-order valence-corrected chi connectivity index (χ0v) is 12.9. The van der Waals surface area contributed by atoms with Crippen LogP contribution in [-0.2, 0) is 4.74 Å². The Morgan fingerprint density at radius 2 is 2.20 bits per heavy atom. The minimum absolute atomic E-state index is 0.0407. The summed E-state index contributed by atoms with van der Waals surface area (Å²) >= 11 is 1.46. The van der Waals surface area contributed by atoms with Crippen molar-refractivity contribution in [3.8, 4) is 0 Å². The van der Waals surface area contributed by atoms with E-state index >= 15 is 0 Å². The normalized spacial score (nSPS) is 10.9. The number of anilines is 1. The highest BCUT2D eigenvalue weighted by atomic mass is 32.1. The number of aryl methyl sites for hydroxylation is 1. The van der Waals surface area contributed by atoms with Gasteiger partial charge in [0.15, 0.2) is 0 Å². The van der Waals surface area contributed by atoms with E-state index in [1.54, 1.807) is 11.9 Å². The summed E-state index contributed by atoms with van der Waals surface area (Å²) in [5, 5.41) is 0.960. The second-order valence-electron chi connectivity index (χ2n) is 4.77. The van der Waals surface area contributed by atoms with E-state index < -0.39 is 0 Å². The lowest BCUT2D eigenvalue weighted by atomic mass is 10.1. The van der Waals surface area contributed by atoms with E-state index in [1.807, 2.05) is 26.0 Å². The molecule has 0 aliphatic carbocycles. The van der Waals surface area contributed by atoms with E-state index in [-0.39, 0.29) is 5.91 Å². The van der Waals surface area contributed by atoms with Gasteiger partial charge in [0.25, 0.3) is 5.91 Å². The lowest BCUT2D eigenvalue weighted by molar-refractivity contribution is 0.0715. The van der Waals surface area contributed by atoms with E-state index in [2.05, 4.69) is 6.07 Å². The molecule has 108 valence electrons. The monoisotopic (exact) mass is 292 g/mol. The van der Waals surface area contributed by atoms with Crippen molar-refractivity contribution in [1.29, 1.82) is 0 Å². The van der Waals surface area contributed by atoms with Gasteiger partial charge < -0.3 is 15.4 Å². The van der Waals surface area contributed by atoms with E-state index in [1.165, 1.54) is 16.9 Å². The second-order valence-corrected chi connectivity index (χ2v) is 5.82. The molecule has 0 unspecified atom stereocenters. The first-order chi connectivity index (χ1) is 9.54. The maximum atomic E-state index is 12.4. The highest BCUT2D eigenvalue weighted by molar-refractivity contribution is 7.21. The van der Waals surface area contributed by atoms with Crippen LogP contribution in [0.25, 0.3) is 10.1 Å². The van der Waals surface area contributed by atoms with Crippen molar-refractivity contribution in [3.63, 3.8) is 0 Å². The number of hydrogen-bond donors (Lipinski definition) is 1. The smallest absolute Gasteiger partial charge is 0.265 e. The number of benzene rings is 1. The molecule has 5 heteroatoms. The number of hydrogen-bond acceptors (Lipinski definition) is 4. The predicted octanol–water partition coefficient (Wildman–Crippen LogP) is 2.90. The number of carbonyl (C=O) groups is 1. The van der Waals surface area contributed by atoms with Gasteiger partial charge >= 0.3 is 0 Å². The highest BCUT2D eigenvalue weighted by Gasteiger charge is 2.19. The Kier molecular flexibility index (Phi) is 4.62. The fraction of sp³-hybridized carbons (Fsp3) is 0.400. The average molecular weight is 292 g/mol. The summed E-state index contributed by atoms with van der Waals surface area (Å²) in [4.78, 5) is 14.7. The van der Waals surface area contributed by atoms with E-state index in [0.717, 1.165) is 10.1 Å². The predicted molar refractivity (Wildman–Crippen MR) is 84.4 cm³/mol. The minimum atomic E-state index is -0.0407. The average Bonchev–Trinajstić information content (AvgIpc) is 2.74. The minimum Gasteiger partial charge on any atom is -0.397 e. The van der Waals surface area contributed by atoms with Crippen LogP contribution < -0.4 is 5.73 Å². The number of thiophene rings is 1. The third-order valence-corrected chi connectivity index (χ3v) is 4.36. The Labute approximate surface area is 123 Å². The number of likely N-dealkylation sites (N-methyl/N-ethyl adjacent to an activating group) is 1. The van der Waals surface area contributed by atoms with E-state index in [9.17, 15) is 4.79 Å². The van der Waals surface area contributed by atoms with Gasteiger partial charge in [-0.05, 0) is 25.5 Å². The molecule has 2 rings (SSSR count). The van der Waals surface area contributed by atoms with Crippen molar-refractivity contribution >= 4 is 33.0 Å². The molecular weight excluding hydrogens is 272 g/mol. The summed E-state index contributed by atoms with van der Waals surface area (Å²) in [7, 11) is 1.77. The summed E-state index contributed by atoms with van der Waals surface area (Å²) in [5.74, 6) is -0.0407. The third kappa shape index (κ3) is 2.94. The SMILES string of the molecule is CCOCCN(C)C(=O)c1sc2cc(C)ccc2c1N. The molecule has 0 saturated heterocycles. The fourth-order valence-electron chi connectivity index (χ4n) is 2.00. The molecule has 0 aliphatic rings. The molecule has 2 N–H and O–H groups in total. The van der Waals surface area contributed by atoms with E-state index in [0.29, 0.717) is 30.3 Å². The lowest BCUT2D eigenvalue weighted by Crippen LogP contribution is -2.30. The Balaban J connectivity index is 2.23. The van der Waals surface area contributed by atoms with Gasteiger partial charge in [0.05, 0.1) is 12.3 Å². The van der Waals surface area contributed by atoms with Gasteiger partial charge in [-0.15, -0.1) is 11.3 Å². The maximum Gasteiger partial charge on any atom is 0.265 e. The summed E-state index contributed by atoms with van der Waals surface area (Å²) in [5.41, 5.74) is 7.86. The molecule has 0 spiro atoms. The zero-order valence-electron chi connectivity index (χ0n) is 12.1.